The molecular weight excluding hydrogens is 288 g/mol. The molecule has 1 heterocycles. The lowest BCUT2D eigenvalue weighted by Crippen LogP contribution is -1.99. The summed E-state index contributed by atoms with van der Waals surface area (Å²) in [5.41, 5.74) is 13.4. The lowest BCUT2D eigenvalue weighted by Gasteiger charge is -2.11. The van der Waals surface area contributed by atoms with Gasteiger partial charge < -0.3 is 5.73 Å². The van der Waals surface area contributed by atoms with Gasteiger partial charge in [-0.15, -0.1) is 11.3 Å². The Morgan fingerprint density at radius 1 is 1.18 bits per heavy atom. The fourth-order valence-electron chi connectivity index (χ4n) is 2.39. The van der Waals surface area contributed by atoms with Crippen molar-refractivity contribution in [3.63, 3.8) is 0 Å². The van der Waals surface area contributed by atoms with Gasteiger partial charge in [0.2, 0.25) is 0 Å². The van der Waals surface area contributed by atoms with E-state index in [9.17, 15) is 0 Å². The second-order valence-electron chi connectivity index (χ2n) is 5.54. The van der Waals surface area contributed by atoms with Crippen molar-refractivity contribution >= 4 is 34.0 Å². The topological polar surface area (TPSA) is 38.4 Å². The molecule has 0 aliphatic carbocycles. The third-order valence-corrected chi connectivity index (χ3v) is 4.49. The lowest BCUT2D eigenvalue weighted by atomic mass is 9.96. The van der Waals surface area contributed by atoms with Crippen molar-refractivity contribution in [3.05, 3.63) is 52.2 Å². The maximum Gasteiger partial charge on any atom is 0.0969 e. The molecule has 0 unspecified atom stereocenters. The van der Waals surface area contributed by atoms with Crippen LogP contribution in [-0.4, -0.2) is 5.71 Å². The molecular formula is C19H24N2S. The minimum absolute atomic E-state index is 0.742. The van der Waals surface area contributed by atoms with Gasteiger partial charge in [-0.1, -0.05) is 32.9 Å². The Hall–Kier alpha value is -1.87. The first-order chi connectivity index (χ1) is 10.5. The van der Waals surface area contributed by atoms with Crippen LogP contribution in [0.3, 0.4) is 0 Å². The van der Waals surface area contributed by atoms with E-state index in [-0.39, 0.29) is 0 Å². The van der Waals surface area contributed by atoms with Gasteiger partial charge >= 0.3 is 0 Å². The van der Waals surface area contributed by atoms with Gasteiger partial charge in [0.05, 0.1) is 11.4 Å². The number of anilines is 1. The average molecular weight is 312 g/mol. The van der Waals surface area contributed by atoms with Crippen molar-refractivity contribution in [1.82, 2.24) is 0 Å². The molecule has 3 heteroatoms. The van der Waals surface area contributed by atoms with Crippen LogP contribution in [-0.2, 0) is 6.42 Å². The number of nitrogens with zero attached hydrogens (tertiary/aromatic N) is 1. The highest BCUT2D eigenvalue weighted by Crippen LogP contribution is 2.28. The first-order valence-electron chi connectivity index (χ1n) is 7.74. The SMILES string of the molecule is C=C(CCC)c1cc(CC)cc(C(C)=Nc2cscc2N)c1. The summed E-state index contributed by atoms with van der Waals surface area (Å²) in [6.45, 7) is 10.6. The molecule has 0 fully saturated rings. The van der Waals surface area contributed by atoms with E-state index in [4.69, 9.17) is 5.73 Å². The zero-order valence-electron chi connectivity index (χ0n) is 13.6. The molecule has 0 aliphatic heterocycles. The zero-order valence-corrected chi connectivity index (χ0v) is 14.5. The average Bonchev–Trinajstić information content (AvgIpc) is 2.92. The molecule has 116 valence electrons. The van der Waals surface area contributed by atoms with Crippen LogP contribution < -0.4 is 5.73 Å². The monoisotopic (exact) mass is 312 g/mol. The third kappa shape index (κ3) is 3.86. The number of aryl methyl sites for hydroxylation is 1. The molecule has 2 rings (SSSR count). The van der Waals surface area contributed by atoms with Crippen molar-refractivity contribution in [2.75, 3.05) is 5.73 Å². The van der Waals surface area contributed by atoms with Gasteiger partial charge in [-0.25, -0.2) is 0 Å². The standard InChI is InChI=1S/C19H24N2S/c1-5-7-13(3)16-8-15(6-2)9-17(10-16)14(4)21-19-12-22-11-18(19)20/h8-12H,3,5-7,20H2,1-2,4H3. The highest BCUT2D eigenvalue weighted by atomic mass is 32.1. The number of benzene rings is 1. The zero-order chi connectivity index (χ0) is 16.1. The van der Waals surface area contributed by atoms with Gasteiger partial charge in [-0.2, -0.15) is 0 Å². The Bertz CT molecular complexity index is 695. The van der Waals surface area contributed by atoms with E-state index >= 15 is 0 Å². The van der Waals surface area contributed by atoms with Crippen LogP contribution in [0.25, 0.3) is 5.57 Å². The highest BCUT2D eigenvalue weighted by Gasteiger charge is 2.07. The summed E-state index contributed by atoms with van der Waals surface area (Å²) < 4.78 is 0. The van der Waals surface area contributed by atoms with Crippen LogP contribution in [0, 0.1) is 0 Å². The second kappa shape index (κ2) is 7.41. The van der Waals surface area contributed by atoms with Crippen molar-refractivity contribution in [3.8, 4) is 0 Å². The highest BCUT2D eigenvalue weighted by molar-refractivity contribution is 7.08. The summed E-state index contributed by atoms with van der Waals surface area (Å²) in [6.07, 6.45) is 3.15. The van der Waals surface area contributed by atoms with Crippen molar-refractivity contribution in [1.29, 1.82) is 0 Å². The van der Waals surface area contributed by atoms with Gasteiger partial charge in [0.25, 0.3) is 0 Å². The lowest BCUT2D eigenvalue weighted by molar-refractivity contribution is 0.974. The second-order valence-corrected chi connectivity index (χ2v) is 6.28. The van der Waals surface area contributed by atoms with Gasteiger partial charge in [-0.05, 0) is 54.2 Å². The van der Waals surface area contributed by atoms with Crippen molar-refractivity contribution < 1.29 is 0 Å². The number of aliphatic imine (C=N–C) groups is 1. The molecule has 0 bridgehead atoms. The molecule has 0 saturated heterocycles. The number of thiophene rings is 1. The summed E-state index contributed by atoms with van der Waals surface area (Å²) >= 11 is 1.58. The van der Waals surface area contributed by atoms with Crippen molar-refractivity contribution in [2.24, 2.45) is 4.99 Å². The van der Waals surface area contributed by atoms with E-state index in [1.54, 1.807) is 11.3 Å². The summed E-state index contributed by atoms with van der Waals surface area (Å²) in [5.74, 6) is 0. The summed E-state index contributed by atoms with van der Waals surface area (Å²) in [5, 5.41) is 3.91. The van der Waals surface area contributed by atoms with E-state index in [0.717, 1.165) is 41.9 Å². The van der Waals surface area contributed by atoms with Crippen LogP contribution in [0.15, 0.2) is 40.5 Å². The maximum absolute atomic E-state index is 5.93. The largest absolute Gasteiger partial charge is 0.396 e. The minimum atomic E-state index is 0.742. The van der Waals surface area contributed by atoms with Crippen LogP contribution in [0.2, 0.25) is 0 Å². The Kier molecular flexibility index (Phi) is 5.56. The number of hydrogen-bond acceptors (Lipinski definition) is 3. The van der Waals surface area contributed by atoms with Gasteiger partial charge in [0.15, 0.2) is 0 Å². The van der Waals surface area contributed by atoms with Crippen molar-refractivity contribution in [2.45, 2.75) is 40.0 Å². The van der Waals surface area contributed by atoms with E-state index in [2.05, 4.69) is 43.6 Å². The molecule has 0 spiro atoms. The summed E-state index contributed by atoms with van der Waals surface area (Å²) in [6, 6.07) is 6.65. The molecule has 0 aliphatic rings. The Morgan fingerprint density at radius 3 is 2.50 bits per heavy atom. The van der Waals surface area contributed by atoms with Crippen LogP contribution in [0.1, 0.15) is 50.3 Å². The van der Waals surface area contributed by atoms with Crippen LogP contribution in [0.4, 0.5) is 11.4 Å². The molecule has 2 N–H and O–H groups in total. The predicted octanol–water partition coefficient (Wildman–Crippen LogP) is 5.85. The Morgan fingerprint density at radius 2 is 1.91 bits per heavy atom. The first kappa shape index (κ1) is 16.5. The maximum atomic E-state index is 5.93. The summed E-state index contributed by atoms with van der Waals surface area (Å²) in [4.78, 5) is 4.68. The van der Waals surface area contributed by atoms with E-state index in [1.807, 2.05) is 17.7 Å². The Balaban J connectivity index is 2.41. The molecule has 0 saturated carbocycles. The fourth-order valence-corrected chi connectivity index (χ4v) is 3.04. The number of allylic oxidation sites excluding steroid dienone is 1. The number of nitrogen functional groups attached to an aromatic ring is 1. The quantitative estimate of drug-likeness (QED) is 0.668. The molecule has 0 radical (unpaired) electrons. The van der Waals surface area contributed by atoms with Gasteiger partial charge in [0.1, 0.15) is 0 Å². The molecule has 22 heavy (non-hydrogen) atoms. The van der Waals surface area contributed by atoms with Gasteiger partial charge in [0, 0.05) is 16.5 Å². The first-order valence-corrected chi connectivity index (χ1v) is 8.68. The van der Waals surface area contributed by atoms with Crippen LogP contribution >= 0.6 is 11.3 Å². The normalized spacial score (nSPS) is 11.7. The third-order valence-electron chi connectivity index (χ3n) is 3.74. The molecule has 1 aromatic heterocycles. The molecule has 2 aromatic rings. The van der Waals surface area contributed by atoms with E-state index < -0.39 is 0 Å². The predicted molar refractivity (Wildman–Crippen MR) is 100 cm³/mol. The molecule has 0 atom stereocenters. The molecule has 2 nitrogen and oxygen atoms in total. The number of nitrogens with two attached hydrogens (primary N) is 1. The van der Waals surface area contributed by atoms with Gasteiger partial charge in [-0.3, -0.25) is 4.99 Å². The fraction of sp³-hybridized carbons (Fsp3) is 0.316. The number of rotatable bonds is 6. The minimum Gasteiger partial charge on any atom is -0.396 e. The van der Waals surface area contributed by atoms with E-state index in [0.29, 0.717) is 0 Å². The molecule has 1 aromatic carbocycles. The van der Waals surface area contributed by atoms with Crippen LogP contribution in [0.5, 0.6) is 0 Å². The number of hydrogen-bond donors (Lipinski definition) is 1. The van der Waals surface area contributed by atoms with E-state index in [1.165, 1.54) is 16.7 Å². The smallest absolute Gasteiger partial charge is 0.0969 e. The summed E-state index contributed by atoms with van der Waals surface area (Å²) in [7, 11) is 0. The molecule has 0 amide bonds. The Labute approximate surface area is 137 Å².